The molecule has 1 aromatic heterocycles. The lowest BCUT2D eigenvalue weighted by Crippen LogP contribution is -2.37. The zero-order chi connectivity index (χ0) is 20.4. The minimum atomic E-state index is -0.482. The predicted octanol–water partition coefficient (Wildman–Crippen LogP) is 3.55. The molecule has 0 spiro atoms. The van der Waals surface area contributed by atoms with E-state index in [2.05, 4.69) is 58.7 Å². The van der Waals surface area contributed by atoms with Crippen molar-refractivity contribution in [3.63, 3.8) is 0 Å². The molecule has 6 heteroatoms. The average molecular weight is 388 g/mol. The summed E-state index contributed by atoms with van der Waals surface area (Å²) in [4.78, 5) is 31.6. The Morgan fingerprint density at radius 1 is 0.931 bits per heavy atom. The smallest absolute Gasteiger partial charge is 0.253 e. The molecule has 0 unspecified atom stereocenters. The fourth-order valence-electron chi connectivity index (χ4n) is 3.39. The van der Waals surface area contributed by atoms with Crippen LogP contribution in [0.3, 0.4) is 0 Å². The summed E-state index contributed by atoms with van der Waals surface area (Å²) in [5.41, 5.74) is 4.07. The molecule has 1 heterocycles. The third-order valence-electron chi connectivity index (χ3n) is 5.14. The van der Waals surface area contributed by atoms with Crippen molar-refractivity contribution in [3.05, 3.63) is 85.9 Å². The summed E-state index contributed by atoms with van der Waals surface area (Å²) in [7, 11) is 0. The molecule has 0 radical (unpaired) electrons. The molecule has 0 saturated carbocycles. The summed E-state index contributed by atoms with van der Waals surface area (Å²) in [6.07, 6.45) is 0.778. The third-order valence-corrected chi connectivity index (χ3v) is 5.14. The first kappa shape index (κ1) is 18.9. The highest BCUT2D eigenvalue weighted by Crippen LogP contribution is 2.18. The van der Waals surface area contributed by atoms with Gasteiger partial charge in [-0.1, -0.05) is 50.2 Å². The van der Waals surface area contributed by atoms with Crippen LogP contribution in [0.1, 0.15) is 36.7 Å². The van der Waals surface area contributed by atoms with Gasteiger partial charge in [-0.3, -0.25) is 9.59 Å². The molecule has 0 atom stereocenters. The van der Waals surface area contributed by atoms with Crippen LogP contribution < -0.4 is 21.5 Å². The molecule has 0 aliphatic rings. The number of hydrogen-bond acceptors (Lipinski definition) is 5. The van der Waals surface area contributed by atoms with Crippen LogP contribution in [0.25, 0.3) is 11.0 Å². The fourth-order valence-corrected chi connectivity index (χ4v) is 3.39. The van der Waals surface area contributed by atoms with Crippen molar-refractivity contribution in [2.75, 3.05) is 17.2 Å². The Morgan fingerprint density at radius 3 is 2.31 bits per heavy atom. The standard InChI is InChI=1S/C23H24N4O2/c1-14(2)16-9-7-15(8-10-16)11-12-24-20-21(23(29)22(20)28)25-13-19-26-17-5-3-4-6-18(17)27-19/h3-10,14,24-25H,11-13H2,1-2H3,(H,26,27). The molecule has 3 aromatic carbocycles. The zero-order valence-corrected chi connectivity index (χ0v) is 16.6. The molecule has 4 aromatic rings. The summed E-state index contributed by atoms with van der Waals surface area (Å²) >= 11 is 0. The van der Waals surface area contributed by atoms with Gasteiger partial charge in [0, 0.05) is 6.54 Å². The van der Waals surface area contributed by atoms with Crippen LogP contribution in [0.5, 0.6) is 0 Å². The number of anilines is 2. The quantitative estimate of drug-likeness (QED) is 0.402. The van der Waals surface area contributed by atoms with E-state index in [1.807, 2.05) is 24.3 Å². The number of aromatic amines is 1. The second-order valence-corrected chi connectivity index (χ2v) is 7.54. The molecular formula is C23H24N4O2. The Bertz CT molecular complexity index is 1170. The van der Waals surface area contributed by atoms with Crippen LogP contribution in [-0.2, 0) is 13.0 Å². The van der Waals surface area contributed by atoms with E-state index in [9.17, 15) is 9.59 Å². The van der Waals surface area contributed by atoms with E-state index >= 15 is 0 Å². The Morgan fingerprint density at radius 2 is 1.62 bits per heavy atom. The van der Waals surface area contributed by atoms with Crippen molar-refractivity contribution in [1.29, 1.82) is 0 Å². The molecule has 0 fully saturated rings. The van der Waals surface area contributed by atoms with E-state index < -0.39 is 10.9 Å². The number of nitrogens with zero attached hydrogens (tertiary/aromatic N) is 1. The minimum absolute atomic E-state index is 0.339. The highest BCUT2D eigenvalue weighted by atomic mass is 16.2. The van der Waals surface area contributed by atoms with Gasteiger partial charge in [-0.25, -0.2) is 4.98 Å². The molecule has 3 N–H and O–H groups in total. The molecule has 0 saturated heterocycles. The second-order valence-electron chi connectivity index (χ2n) is 7.54. The number of hydrogen-bond donors (Lipinski definition) is 3. The summed E-state index contributed by atoms with van der Waals surface area (Å²) in [5, 5.41) is 6.16. The van der Waals surface area contributed by atoms with Gasteiger partial charge < -0.3 is 15.6 Å². The molecule has 29 heavy (non-hydrogen) atoms. The number of benzene rings is 2. The van der Waals surface area contributed by atoms with Crippen molar-refractivity contribution in [1.82, 2.24) is 9.97 Å². The Labute approximate surface area is 168 Å². The monoisotopic (exact) mass is 388 g/mol. The summed E-state index contributed by atoms with van der Waals surface area (Å²) in [5.74, 6) is 1.22. The van der Waals surface area contributed by atoms with E-state index in [1.54, 1.807) is 0 Å². The summed E-state index contributed by atoms with van der Waals surface area (Å²) in [6.45, 7) is 5.28. The van der Waals surface area contributed by atoms with Crippen LogP contribution in [0, 0.1) is 0 Å². The van der Waals surface area contributed by atoms with Gasteiger partial charge in [0.1, 0.15) is 17.2 Å². The van der Waals surface area contributed by atoms with Crippen molar-refractivity contribution in [2.45, 2.75) is 32.7 Å². The van der Waals surface area contributed by atoms with Crippen molar-refractivity contribution < 1.29 is 0 Å². The molecule has 0 aliphatic heterocycles. The summed E-state index contributed by atoms with van der Waals surface area (Å²) in [6, 6.07) is 16.2. The highest BCUT2D eigenvalue weighted by Gasteiger charge is 2.20. The van der Waals surface area contributed by atoms with Gasteiger partial charge in [0.25, 0.3) is 10.9 Å². The normalized spacial score (nSPS) is 11.4. The second kappa shape index (κ2) is 7.91. The molecule has 0 amide bonds. The Hall–Kier alpha value is -3.41. The minimum Gasteiger partial charge on any atom is -0.380 e. The Balaban J connectivity index is 1.36. The van der Waals surface area contributed by atoms with Gasteiger partial charge >= 0.3 is 0 Å². The summed E-state index contributed by atoms with van der Waals surface area (Å²) < 4.78 is 0. The molecule has 6 nitrogen and oxygen atoms in total. The van der Waals surface area contributed by atoms with Gasteiger partial charge in [-0.2, -0.15) is 0 Å². The topological polar surface area (TPSA) is 86.9 Å². The van der Waals surface area contributed by atoms with E-state index in [0.29, 0.717) is 30.4 Å². The van der Waals surface area contributed by atoms with Crippen LogP contribution in [0.4, 0.5) is 11.4 Å². The molecule has 148 valence electrons. The average Bonchev–Trinajstić information content (AvgIpc) is 3.15. The number of aromatic nitrogens is 2. The first-order valence-electron chi connectivity index (χ1n) is 9.86. The van der Waals surface area contributed by atoms with Crippen LogP contribution in [0.15, 0.2) is 58.1 Å². The van der Waals surface area contributed by atoms with Gasteiger partial charge in [0.05, 0.1) is 17.6 Å². The van der Waals surface area contributed by atoms with Crippen molar-refractivity contribution in [2.24, 2.45) is 0 Å². The maximum absolute atomic E-state index is 12.0. The van der Waals surface area contributed by atoms with E-state index in [0.717, 1.165) is 23.3 Å². The van der Waals surface area contributed by atoms with Crippen molar-refractivity contribution in [3.8, 4) is 0 Å². The van der Waals surface area contributed by atoms with Gasteiger partial charge in [0.15, 0.2) is 0 Å². The lowest BCUT2D eigenvalue weighted by Gasteiger charge is -2.14. The van der Waals surface area contributed by atoms with Gasteiger partial charge in [-0.05, 0) is 35.6 Å². The fraction of sp³-hybridized carbons (Fsp3) is 0.261. The van der Waals surface area contributed by atoms with E-state index in [-0.39, 0.29) is 0 Å². The molecular weight excluding hydrogens is 364 g/mol. The number of para-hydroxylation sites is 2. The van der Waals surface area contributed by atoms with Crippen LogP contribution in [0.2, 0.25) is 0 Å². The van der Waals surface area contributed by atoms with Gasteiger partial charge in [0.2, 0.25) is 0 Å². The number of imidazole rings is 1. The van der Waals surface area contributed by atoms with Gasteiger partial charge in [-0.15, -0.1) is 0 Å². The maximum Gasteiger partial charge on any atom is 0.253 e. The van der Waals surface area contributed by atoms with Crippen LogP contribution in [-0.4, -0.2) is 16.5 Å². The number of fused-ring (bicyclic) bond motifs is 1. The SMILES string of the molecule is CC(C)c1ccc(CCNc2c(NCc3nc4ccccc4[nH]3)c(=O)c2=O)cc1. The van der Waals surface area contributed by atoms with Crippen molar-refractivity contribution >= 4 is 22.4 Å². The van der Waals surface area contributed by atoms with Crippen LogP contribution >= 0.6 is 0 Å². The van der Waals surface area contributed by atoms with E-state index in [1.165, 1.54) is 11.1 Å². The highest BCUT2D eigenvalue weighted by molar-refractivity contribution is 5.76. The lowest BCUT2D eigenvalue weighted by molar-refractivity contribution is 0.864. The van der Waals surface area contributed by atoms with E-state index in [4.69, 9.17) is 0 Å². The predicted molar refractivity (Wildman–Crippen MR) is 117 cm³/mol. The first-order chi connectivity index (χ1) is 14.0. The number of nitrogens with one attached hydrogen (secondary N) is 3. The first-order valence-corrected chi connectivity index (χ1v) is 9.86. The third kappa shape index (κ3) is 3.92. The molecule has 4 rings (SSSR count). The molecule has 0 bridgehead atoms. The Kier molecular flexibility index (Phi) is 5.16. The molecule has 0 aliphatic carbocycles. The maximum atomic E-state index is 12.0. The zero-order valence-electron chi connectivity index (χ0n) is 16.6. The largest absolute Gasteiger partial charge is 0.380 e. The number of H-pyrrole nitrogens is 1. The number of rotatable bonds is 8. The lowest BCUT2D eigenvalue weighted by atomic mass is 10.0.